The summed E-state index contributed by atoms with van der Waals surface area (Å²) in [7, 11) is -3.22. The van der Waals surface area contributed by atoms with Crippen LogP contribution in [0.2, 0.25) is 5.02 Å². The molecule has 142 valence electrons. The number of aliphatic imine (C=N–C) groups is 1. The minimum absolute atomic E-state index is 0.0463. The Bertz CT molecular complexity index is 1060. The zero-order chi connectivity index (χ0) is 19.9. The third-order valence-corrected chi connectivity index (χ3v) is 5.77. The molecule has 3 rings (SSSR count). The van der Waals surface area contributed by atoms with E-state index in [2.05, 4.69) is 4.99 Å². The second kappa shape index (κ2) is 7.09. The number of carbonyl (C=O) groups is 1. The van der Waals surface area contributed by atoms with Gasteiger partial charge in [-0.2, -0.15) is 0 Å². The first-order valence-corrected chi connectivity index (χ1v) is 10.9. The highest BCUT2D eigenvalue weighted by atomic mass is 35.5. The molecule has 0 fully saturated rings. The highest BCUT2D eigenvalue weighted by Gasteiger charge is 2.34. The Balaban J connectivity index is 2.12. The Morgan fingerprint density at radius 3 is 2.52 bits per heavy atom. The molecule has 1 atom stereocenters. The van der Waals surface area contributed by atoms with E-state index < -0.39 is 21.7 Å². The number of fused-ring (bicyclic) bond motifs is 1. The topological polar surface area (TPSA) is 83.8 Å². The van der Waals surface area contributed by atoms with Crippen LogP contribution in [0.3, 0.4) is 0 Å². The van der Waals surface area contributed by atoms with Crippen LogP contribution in [0, 0.1) is 0 Å². The summed E-state index contributed by atoms with van der Waals surface area (Å²) in [6, 6.07) is 10.7. The molecule has 2 aromatic rings. The van der Waals surface area contributed by atoms with Crippen molar-refractivity contribution in [1.29, 1.82) is 0 Å². The lowest BCUT2D eigenvalue weighted by molar-refractivity contribution is -0.129. The maximum atomic E-state index is 11.8. The number of rotatable bonds is 5. The van der Waals surface area contributed by atoms with Gasteiger partial charge in [0.1, 0.15) is 5.71 Å². The first-order chi connectivity index (χ1) is 12.6. The molecule has 0 saturated heterocycles. The number of hydrogen-bond acceptors (Lipinski definition) is 4. The number of para-hydroxylation sites is 1. The van der Waals surface area contributed by atoms with Gasteiger partial charge >= 0.3 is 5.97 Å². The van der Waals surface area contributed by atoms with E-state index in [9.17, 15) is 18.3 Å². The fourth-order valence-electron chi connectivity index (χ4n) is 3.39. The van der Waals surface area contributed by atoms with Gasteiger partial charge in [-0.05, 0) is 34.2 Å². The van der Waals surface area contributed by atoms with Crippen molar-refractivity contribution in [3.05, 3.63) is 63.7 Å². The summed E-state index contributed by atoms with van der Waals surface area (Å²) >= 11 is 6.30. The van der Waals surface area contributed by atoms with E-state index >= 15 is 0 Å². The van der Waals surface area contributed by atoms with Crippen molar-refractivity contribution < 1.29 is 18.3 Å². The van der Waals surface area contributed by atoms with Crippen molar-refractivity contribution in [3.63, 3.8) is 0 Å². The summed E-state index contributed by atoms with van der Waals surface area (Å²) < 4.78 is 23.1. The van der Waals surface area contributed by atoms with Gasteiger partial charge in [0.05, 0.1) is 17.4 Å². The van der Waals surface area contributed by atoms with Crippen LogP contribution in [0.4, 0.5) is 5.69 Å². The van der Waals surface area contributed by atoms with Crippen LogP contribution in [0.25, 0.3) is 0 Å². The summed E-state index contributed by atoms with van der Waals surface area (Å²) in [5.41, 5.74) is 3.74. The summed E-state index contributed by atoms with van der Waals surface area (Å²) in [6.45, 7) is 4.07. The van der Waals surface area contributed by atoms with Crippen molar-refractivity contribution in [2.45, 2.75) is 31.4 Å². The molecule has 1 aliphatic heterocycles. The lowest BCUT2D eigenvalue weighted by atomic mass is 9.86. The molecular formula is C20H20ClNO4S. The predicted molar refractivity (Wildman–Crippen MR) is 107 cm³/mol. The Morgan fingerprint density at radius 2 is 1.96 bits per heavy atom. The first-order valence-electron chi connectivity index (χ1n) is 8.49. The van der Waals surface area contributed by atoms with Gasteiger partial charge in [0.15, 0.2) is 9.84 Å². The molecule has 27 heavy (non-hydrogen) atoms. The monoisotopic (exact) mass is 405 g/mol. The predicted octanol–water partition coefficient (Wildman–Crippen LogP) is 4.31. The fourth-order valence-corrected chi connectivity index (χ4v) is 4.54. The summed E-state index contributed by atoms with van der Waals surface area (Å²) in [5, 5.41) is 9.98. The number of carboxylic acid groups (broad SMARTS) is 1. The maximum Gasteiger partial charge on any atom is 0.351 e. The summed E-state index contributed by atoms with van der Waals surface area (Å²) in [5.74, 6) is -1.58. The highest BCUT2D eigenvalue weighted by Crippen LogP contribution is 2.44. The van der Waals surface area contributed by atoms with Crippen molar-refractivity contribution in [1.82, 2.24) is 0 Å². The Kier molecular flexibility index (Phi) is 5.14. The molecule has 5 nitrogen and oxygen atoms in total. The third-order valence-electron chi connectivity index (χ3n) is 4.58. The molecule has 0 saturated carbocycles. The molecule has 0 spiro atoms. The summed E-state index contributed by atoms with van der Waals surface area (Å²) in [6.07, 6.45) is 1.15. The molecule has 0 bridgehead atoms. The van der Waals surface area contributed by atoms with E-state index in [4.69, 9.17) is 11.6 Å². The van der Waals surface area contributed by atoms with Gasteiger partial charge < -0.3 is 5.11 Å². The van der Waals surface area contributed by atoms with Gasteiger partial charge in [-0.3, -0.25) is 0 Å². The Hall–Kier alpha value is -2.18. The van der Waals surface area contributed by atoms with E-state index in [1.165, 1.54) is 0 Å². The van der Waals surface area contributed by atoms with Crippen LogP contribution in [-0.2, 0) is 20.4 Å². The maximum absolute atomic E-state index is 11.8. The van der Waals surface area contributed by atoms with Crippen LogP contribution in [-0.4, -0.2) is 31.5 Å². The standard InChI is InChI=1S/C20H20ClNO4S/c1-11(2)14-5-4-6-15-17(19(20(23)24)22-18(14)15)12-7-8-13(16(21)9-12)10-27(3,25)26/h4-9,11,17H,10H2,1-3H3,(H,23,24). The van der Waals surface area contributed by atoms with Gasteiger partial charge in [0.25, 0.3) is 0 Å². The summed E-state index contributed by atoms with van der Waals surface area (Å²) in [4.78, 5) is 16.3. The Morgan fingerprint density at radius 1 is 1.26 bits per heavy atom. The third kappa shape index (κ3) is 3.92. The molecule has 2 aromatic carbocycles. The molecule has 0 aromatic heterocycles. The quantitative estimate of drug-likeness (QED) is 0.803. The van der Waals surface area contributed by atoms with Crippen LogP contribution in [0.15, 0.2) is 41.4 Å². The number of nitrogens with zero attached hydrogens (tertiary/aromatic N) is 1. The van der Waals surface area contributed by atoms with E-state index in [1.54, 1.807) is 18.2 Å². The second-order valence-electron chi connectivity index (χ2n) is 7.10. The SMILES string of the molecule is CC(C)c1cccc2c1N=C(C(=O)O)C2c1ccc(CS(C)(=O)=O)c(Cl)c1. The molecule has 7 heteroatoms. The molecule has 0 aliphatic carbocycles. The van der Waals surface area contributed by atoms with Crippen LogP contribution in [0.1, 0.15) is 47.9 Å². The van der Waals surface area contributed by atoms with Gasteiger partial charge in [0.2, 0.25) is 0 Å². The molecular weight excluding hydrogens is 386 g/mol. The van der Waals surface area contributed by atoms with Crippen molar-refractivity contribution in [2.75, 3.05) is 6.26 Å². The molecule has 1 unspecified atom stereocenters. The lowest BCUT2D eigenvalue weighted by Crippen LogP contribution is -2.19. The highest BCUT2D eigenvalue weighted by molar-refractivity contribution is 7.89. The minimum atomic E-state index is -3.22. The number of carboxylic acids is 1. The largest absolute Gasteiger partial charge is 0.477 e. The zero-order valence-corrected chi connectivity index (χ0v) is 16.8. The number of halogens is 1. The van der Waals surface area contributed by atoms with Crippen molar-refractivity contribution in [3.8, 4) is 0 Å². The number of aliphatic carboxylic acids is 1. The minimum Gasteiger partial charge on any atom is -0.477 e. The van der Waals surface area contributed by atoms with Gasteiger partial charge in [-0.1, -0.05) is 55.8 Å². The normalized spacial score (nSPS) is 16.3. The average molecular weight is 406 g/mol. The fraction of sp³-hybridized carbons (Fsp3) is 0.300. The number of benzene rings is 2. The van der Waals surface area contributed by atoms with Crippen molar-refractivity contribution >= 4 is 38.8 Å². The zero-order valence-electron chi connectivity index (χ0n) is 15.2. The van der Waals surface area contributed by atoms with Crippen molar-refractivity contribution in [2.24, 2.45) is 4.99 Å². The average Bonchev–Trinajstić information content (AvgIpc) is 2.95. The molecule has 1 aliphatic rings. The molecule has 1 heterocycles. The lowest BCUT2D eigenvalue weighted by Gasteiger charge is -2.16. The van der Waals surface area contributed by atoms with Crippen LogP contribution >= 0.6 is 11.6 Å². The van der Waals surface area contributed by atoms with E-state index in [1.807, 2.05) is 32.0 Å². The van der Waals surface area contributed by atoms with Gasteiger partial charge in [-0.25, -0.2) is 18.2 Å². The molecule has 0 radical (unpaired) electrons. The van der Waals surface area contributed by atoms with Crippen LogP contribution in [0.5, 0.6) is 0 Å². The van der Waals surface area contributed by atoms with Gasteiger partial charge in [0, 0.05) is 11.3 Å². The number of sulfone groups is 1. The van der Waals surface area contributed by atoms with Crippen LogP contribution < -0.4 is 0 Å². The smallest absolute Gasteiger partial charge is 0.351 e. The molecule has 0 amide bonds. The van der Waals surface area contributed by atoms with E-state index in [-0.39, 0.29) is 17.4 Å². The Labute approximate surface area is 163 Å². The number of hydrogen-bond donors (Lipinski definition) is 1. The second-order valence-corrected chi connectivity index (χ2v) is 9.64. The van der Waals surface area contributed by atoms with E-state index in [0.29, 0.717) is 21.8 Å². The van der Waals surface area contributed by atoms with E-state index in [0.717, 1.165) is 17.4 Å². The first kappa shape index (κ1) is 19.6. The van der Waals surface area contributed by atoms with Gasteiger partial charge in [-0.15, -0.1) is 0 Å². The molecule has 1 N–H and O–H groups in total.